The third kappa shape index (κ3) is 3.16. The molecule has 0 aliphatic rings. The molecule has 0 aliphatic carbocycles. The number of methoxy groups -OCH3 is 1. The average molecular weight is 251 g/mol. The topological polar surface area (TPSA) is 32.7 Å². The highest BCUT2D eigenvalue weighted by molar-refractivity contribution is 5.60. The van der Waals surface area contributed by atoms with Gasteiger partial charge in [0.15, 0.2) is 0 Å². The normalized spacial score (nSPS) is 14.1. The second-order valence-electron chi connectivity index (χ2n) is 4.82. The predicted molar refractivity (Wildman–Crippen MR) is 76.4 cm³/mol. The molecule has 0 aliphatic heterocycles. The molecule has 0 saturated carbocycles. The van der Waals surface area contributed by atoms with Crippen molar-refractivity contribution in [2.24, 2.45) is 0 Å². The molecule has 0 saturated heterocycles. The Balaban J connectivity index is 3.14. The van der Waals surface area contributed by atoms with E-state index in [9.17, 15) is 5.11 Å². The Morgan fingerprint density at radius 1 is 1.33 bits per heavy atom. The minimum Gasteiger partial charge on any atom is -0.496 e. The Labute approximate surface area is 110 Å². The molecule has 0 spiro atoms. The number of hydrogen-bond acceptors (Lipinski definition) is 3. The maximum Gasteiger partial charge on any atom is 0.126 e. The summed E-state index contributed by atoms with van der Waals surface area (Å²) >= 11 is 0. The summed E-state index contributed by atoms with van der Waals surface area (Å²) in [7, 11) is 3.71. The van der Waals surface area contributed by atoms with Crippen LogP contribution in [0.25, 0.3) is 0 Å². The Morgan fingerprint density at radius 3 is 2.50 bits per heavy atom. The highest BCUT2D eigenvalue weighted by Gasteiger charge is 2.19. The molecular weight excluding hydrogens is 226 g/mol. The highest BCUT2D eigenvalue weighted by Crippen LogP contribution is 2.35. The minimum absolute atomic E-state index is 0.444. The monoisotopic (exact) mass is 251 g/mol. The summed E-state index contributed by atoms with van der Waals surface area (Å²) in [5, 5.41) is 9.97. The van der Waals surface area contributed by atoms with E-state index in [-0.39, 0.29) is 0 Å². The smallest absolute Gasteiger partial charge is 0.126 e. The van der Waals surface area contributed by atoms with E-state index in [1.807, 2.05) is 18.2 Å². The lowest BCUT2D eigenvalue weighted by Gasteiger charge is -2.30. The second kappa shape index (κ2) is 6.64. The Hall–Kier alpha value is -1.22. The van der Waals surface area contributed by atoms with Crippen LogP contribution in [0.15, 0.2) is 18.2 Å². The van der Waals surface area contributed by atoms with Gasteiger partial charge in [0.25, 0.3) is 0 Å². The first-order chi connectivity index (χ1) is 8.52. The molecule has 1 aromatic rings. The summed E-state index contributed by atoms with van der Waals surface area (Å²) in [4.78, 5) is 2.22. The molecule has 0 aromatic heterocycles. The van der Waals surface area contributed by atoms with Crippen molar-refractivity contribution in [3.63, 3.8) is 0 Å². The van der Waals surface area contributed by atoms with Crippen molar-refractivity contribution in [2.45, 2.75) is 45.8 Å². The van der Waals surface area contributed by atoms with Crippen LogP contribution in [-0.4, -0.2) is 25.3 Å². The predicted octanol–water partition coefficient (Wildman–Crippen LogP) is 3.37. The Kier molecular flexibility index (Phi) is 5.48. The van der Waals surface area contributed by atoms with Crippen LogP contribution in [0.2, 0.25) is 0 Å². The zero-order valence-electron chi connectivity index (χ0n) is 12.1. The average Bonchev–Trinajstić information content (AvgIpc) is 2.36. The van der Waals surface area contributed by atoms with Crippen molar-refractivity contribution >= 4 is 5.69 Å². The molecule has 0 heterocycles. The fourth-order valence-corrected chi connectivity index (χ4v) is 2.29. The number of ether oxygens (including phenoxy) is 1. The fraction of sp³-hybridized carbons (Fsp3) is 0.600. The number of aliphatic hydroxyl groups is 1. The van der Waals surface area contributed by atoms with Gasteiger partial charge in [0, 0.05) is 24.3 Å². The van der Waals surface area contributed by atoms with Gasteiger partial charge in [-0.25, -0.2) is 0 Å². The molecule has 1 unspecified atom stereocenters. The first kappa shape index (κ1) is 14.8. The summed E-state index contributed by atoms with van der Waals surface area (Å²) in [6, 6.07) is 6.34. The summed E-state index contributed by atoms with van der Waals surface area (Å²) < 4.78 is 5.35. The molecule has 102 valence electrons. The van der Waals surface area contributed by atoms with E-state index in [0.717, 1.165) is 29.8 Å². The molecule has 1 aromatic carbocycles. The maximum absolute atomic E-state index is 9.97. The van der Waals surface area contributed by atoms with Crippen LogP contribution < -0.4 is 9.64 Å². The zero-order valence-corrected chi connectivity index (χ0v) is 12.1. The van der Waals surface area contributed by atoms with E-state index in [4.69, 9.17) is 4.74 Å². The largest absolute Gasteiger partial charge is 0.496 e. The summed E-state index contributed by atoms with van der Waals surface area (Å²) in [6.07, 6.45) is 1.75. The van der Waals surface area contributed by atoms with Crippen LogP contribution in [0.5, 0.6) is 5.75 Å². The van der Waals surface area contributed by atoms with Gasteiger partial charge < -0.3 is 14.7 Å². The van der Waals surface area contributed by atoms with Gasteiger partial charge in [-0.1, -0.05) is 19.4 Å². The second-order valence-corrected chi connectivity index (χ2v) is 4.82. The van der Waals surface area contributed by atoms with Crippen LogP contribution in [0, 0.1) is 0 Å². The molecule has 0 fully saturated rings. The number of aliphatic hydroxyl groups excluding tert-OH is 1. The number of rotatable bonds is 6. The lowest BCUT2D eigenvalue weighted by atomic mass is 10.0. The summed E-state index contributed by atoms with van der Waals surface area (Å²) in [5.41, 5.74) is 1.91. The van der Waals surface area contributed by atoms with E-state index in [1.165, 1.54) is 0 Å². The summed E-state index contributed by atoms with van der Waals surface area (Å²) in [6.45, 7) is 6.17. The quantitative estimate of drug-likeness (QED) is 0.841. The lowest BCUT2D eigenvalue weighted by molar-refractivity contribution is 0.194. The van der Waals surface area contributed by atoms with Gasteiger partial charge >= 0.3 is 0 Å². The van der Waals surface area contributed by atoms with Crippen molar-refractivity contribution in [3.8, 4) is 5.75 Å². The van der Waals surface area contributed by atoms with Gasteiger partial charge in [0.05, 0.1) is 13.2 Å². The SMILES string of the molecule is CCCC(C)N(C)c1cccc(OC)c1[C@@H](C)O. The van der Waals surface area contributed by atoms with E-state index < -0.39 is 6.10 Å². The Bertz CT molecular complexity index is 377. The molecule has 3 nitrogen and oxygen atoms in total. The van der Waals surface area contributed by atoms with E-state index >= 15 is 0 Å². The molecule has 2 atom stereocenters. The van der Waals surface area contributed by atoms with Gasteiger partial charge in [-0.2, -0.15) is 0 Å². The molecular formula is C15H25NO2. The van der Waals surface area contributed by atoms with Crippen LogP contribution in [0.3, 0.4) is 0 Å². The van der Waals surface area contributed by atoms with Gasteiger partial charge in [0.2, 0.25) is 0 Å². The van der Waals surface area contributed by atoms with Crippen molar-refractivity contribution in [2.75, 3.05) is 19.1 Å². The molecule has 18 heavy (non-hydrogen) atoms. The first-order valence-corrected chi connectivity index (χ1v) is 6.60. The summed E-state index contributed by atoms with van der Waals surface area (Å²) in [5.74, 6) is 0.748. The van der Waals surface area contributed by atoms with Crippen LogP contribution >= 0.6 is 0 Å². The number of nitrogens with zero attached hydrogens (tertiary/aromatic N) is 1. The Morgan fingerprint density at radius 2 is 2.00 bits per heavy atom. The molecule has 0 amide bonds. The lowest BCUT2D eigenvalue weighted by Crippen LogP contribution is -2.29. The number of anilines is 1. The van der Waals surface area contributed by atoms with Crippen molar-refractivity contribution in [1.82, 2.24) is 0 Å². The van der Waals surface area contributed by atoms with E-state index in [2.05, 4.69) is 25.8 Å². The molecule has 1 rings (SSSR count). The van der Waals surface area contributed by atoms with Crippen molar-refractivity contribution < 1.29 is 9.84 Å². The third-order valence-corrected chi connectivity index (χ3v) is 3.43. The van der Waals surface area contributed by atoms with Gasteiger partial charge in [-0.05, 0) is 32.4 Å². The molecule has 0 bridgehead atoms. The third-order valence-electron chi connectivity index (χ3n) is 3.43. The highest BCUT2D eigenvalue weighted by atomic mass is 16.5. The number of benzene rings is 1. The maximum atomic E-state index is 9.97. The number of hydrogen-bond donors (Lipinski definition) is 1. The van der Waals surface area contributed by atoms with E-state index in [1.54, 1.807) is 14.0 Å². The van der Waals surface area contributed by atoms with Crippen LogP contribution in [0.1, 0.15) is 45.3 Å². The van der Waals surface area contributed by atoms with Crippen molar-refractivity contribution in [3.05, 3.63) is 23.8 Å². The standard InChI is InChI=1S/C15H25NO2/c1-6-8-11(2)16(4)13-9-7-10-14(18-5)15(13)12(3)17/h7,9-12,17H,6,8H2,1-5H3/t11?,12-/m1/s1. The molecule has 0 radical (unpaired) electrons. The molecule has 1 N–H and O–H groups in total. The zero-order chi connectivity index (χ0) is 13.7. The van der Waals surface area contributed by atoms with Gasteiger partial charge in [-0.15, -0.1) is 0 Å². The van der Waals surface area contributed by atoms with Crippen LogP contribution in [-0.2, 0) is 0 Å². The molecule has 3 heteroatoms. The first-order valence-electron chi connectivity index (χ1n) is 6.60. The van der Waals surface area contributed by atoms with E-state index in [0.29, 0.717) is 6.04 Å². The van der Waals surface area contributed by atoms with Crippen molar-refractivity contribution in [1.29, 1.82) is 0 Å². The van der Waals surface area contributed by atoms with Gasteiger partial charge in [-0.3, -0.25) is 0 Å². The van der Waals surface area contributed by atoms with Crippen LogP contribution in [0.4, 0.5) is 5.69 Å². The fourth-order valence-electron chi connectivity index (χ4n) is 2.29. The minimum atomic E-state index is -0.535. The van der Waals surface area contributed by atoms with Gasteiger partial charge in [0.1, 0.15) is 5.75 Å².